The van der Waals surface area contributed by atoms with E-state index in [0.717, 1.165) is 37.4 Å². The molecule has 5 atom stereocenters. The molecule has 4 aliphatic rings. The van der Waals surface area contributed by atoms with Gasteiger partial charge in [0.05, 0.1) is 5.88 Å². The monoisotopic (exact) mass is 384 g/mol. The number of benzene rings is 1. The van der Waals surface area contributed by atoms with Gasteiger partial charge in [-0.1, -0.05) is 43.2 Å². The normalized spacial score (nSPS) is 35.2. The van der Waals surface area contributed by atoms with Crippen LogP contribution in [-0.2, 0) is 9.59 Å². The van der Waals surface area contributed by atoms with E-state index in [-0.39, 0.29) is 23.8 Å². The lowest BCUT2D eigenvalue weighted by molar-refractivity contribution is -0.145. The highest BCUT2D eigenvalue weighted by atomic mass is 32.2. The van der Waals surface area contributed by atoms with Gasteiger partial charge >= 0.3 is 0 Å². The quantitative estimate of drug-likeness (QED) is 0.801. The SMILES string of the molecule is O=C(C1CC2CCCCC2N1C(=O)[C@@H]1C[C@H]1c1ccccc1)N1CCSC1. The van der Waals surface area contributed by atoms with Crippen LogP contribution in [0.3, 0.4) is 0 Å². The van der Waals surface area contributed by atoms with Crippen LogP contribution in [-0.4, -0.2) is 51.9 Å². The number of carbonyl (C=O) groups is 2. The van der Waals surface area contributed by atoms with Crippen LogP contribution in [0.5, 0.6) is 0 Å². The molecule has 0 spiro atoms. The summed E-state index contributed by atoms with van der Waals surface area (Å²) in [6.07, 6.45) is 6.53. The zero-order valence-corrected chi connectivity index (χ0v) is 16.6. The van der Waals surface area contributed by atoms with Gasteiger partial charge in [0.1, 0.15) is 6.04 Å². The van der Waals surface area contributed by atoms with Gasteiger partial charge in [0.2, 0.25) is 11.8 Å². The van der Waals surface area contributed by atoms with E-state index in [2.05, 4.69) is 29.2 Å². The highest BCUT2D eigenvalue weighted by Gasteiger charge is 2.54. The van der Waals surface area contributed by atoms with Crippen LogP contribution in [0.4, 0.5) is 0 Å². The number of likely N-dealkylation sites (tertiary alicyclic amines) is 1. The molecule has 2 heterocycles. The third-order valence-electron chi connectivity index (χ3n) is 7.03. The van der Waals surface area contributed by atoms with Crippen molar-refractivity contribution in [2.24, 2.45) is 11.8 Å². The second kappa shape index (κ2) is 7.16. The number of fused-ring (bicyclic) bond motifs is 1. The third-order valence-corrected chi connectivity index (χ3v) is 7.99. The van der Waals surface area contributed by atoms with E-state index in [4.69, 9.17) is 0 Å². The maximum absolute atomic E-state index is 13.5. The average Bonchev–Trinajstić information content (AvgIpc) is 3.14. The molecule has 0 bridgehead atoms. The zero-order valence-electron chi connectivity index (χ0n) is 15.8. The summed E-state index contributed by atoms with van der Waals surface area (Å²) in [6, 6.07) is 10.5. The molecule has 0 N–H and O–H groups in total. The highest BCUT2D eigenvalue weighted by Crippen LogP contribution is 2.51. The molecule has 0 radical (unpaired) electrons. The summed E-state index contributed by atoms with van der Waals surface area (Å²) < 4.78 is 0. The summed E-state index contributed by atoms with van der Waals surface area (Å²) in [5.41, 5.74) is 1.27. The van der Waals surface area contributed by atoms with Gasteiger partial charge in [-0.3, -0.25) is 9.59 Å². The molecule has 5 rings (SSSR count). The molecule has 5 heteroatoms. The zero-order chi connectivity index (χ0) is 18.4. The van der Waals surface area contributed by atoms with Crippen LogP contribution in [0, 0.1) is 11.8 Å². The lowest BCUT2D eigenvalue weighted by atomic mass is 9.84. The molecule has 1 aromatic carbocycles. The van der Waals surface area contributed by atoms with Crippen LogP contribution in [0.25, 0.3) is 0 Å². The standard InChI is InChI=1S/C22H28N2O2S/c25-21(18-13-17(18)15-6-2-1-3-7-15)24-19-9-5-4-8-16(19)12-20(24)22(26)23-10-11-27-14-23/h1-3,6-7,16-20H,4-5,8-14H2/t16?,17-,18+,19?,20?/m0/s1. The number of amides is 2. The van der Waals surface area contributed by atoms with E-state index in [1.165, 1.54) is 24.8 Å². The first-order valence-corrected chi connectivity index (χ1v) is 11.6. The van der Waals surface area contributed by atoms with Crippen molar-refractivity contribution in [3.8, 4) is 0 Å². The van der Waals surface area contributed by atoms with Gasteiger partial charge < -0.3 is 9.80 Å². The first-order valence-electron chi connectivity index (χ1n) is 10.5. The molecular weight excluding hydrogens is 356 g/mol. The topological polar surface area (TPSA) is 40.6 Å². The molecule has 2 amide bonds. The summed E-state index contributed by atoms with van der Waals surface area (Å²) in [5.74, 6) is 3.24. The van der Waals surface area contributed by atoms with Crippen LogP contribution in [0.2, 0.25) is 0 Å². The molecular formula is C22H28N2O2S. The fourth-order valence-electron chi connectivity index (χ4n) is 5.52. The maximum Gasteiger partial charge on any atom is 0.246 e. The van der Waals surface area contributed by atoms with Crippen LogP contribution in [0.1, 0.15) is 50.0 Å². The molecule has 2 saturated heterocycles. The smallest absolute Gasteiger partial charge is 0.246 e. The Balaban J connectivity index is 1.37. The molecule has 1 aromatic rings. The first kappa shape index (κ1) is 17.6. The molecule has 0 aromatic heterocycles. The van der Waals surface area contributed by atoms with E-state index in [1.807, 2.05) is 22.7 Å². The van der Waals surface area contributed by atoms with E-state index in [9.17, 15) is 9.59 Å². The van der Waals surface area contributed by atoms with Crippen molar-refractivity contribution in [3.05, 3.63) is 35.9 Å². The van der Waals surface area contributed by atoms with Crippen LogP contribution >= 0.6 is 11.8 Å². The molecule has 2 aliphatic heterocycles. The fraction of sp³-hybridized carbons (Fsp3) is 0.636. The first-order chi connectivity index (χ1) is 13.2. The predicted octanol–water partition coefficient (Wildman–Crippen LogP) is 3.48. The van der Waals surface area contributed by atoms with Gasteiger partial charge in [0.25, 0.3) is 0 Å². The van der Waals surface area contributed by atoms with Crippen molar-refractivity contribution in [3.63, 3.8) is 0 Å². The largest absolute Gasteiger partial charge is 0.331 e. The van der Waals surface area contributed by atoms with Crippen molar-refractivity contribution < 1.29 is 9.59 Å². The Hall–Kier alpha value is -1.49. The second-order valence-electron chi connectivity index (χ2n) is 8.61. The van der Waals surface area contributed by atoms with Crippen molar-refractivity contribution in [2.45, 2.75) is 56.5 Å². The maximum atomic E-state index is 13.5. The number of hydrogen-bond donors (Lipinski definition) is 0. The highest BCUT2D eigenvalue weighted by molar-refractivity contribution is 7.99. The van der Waals surface area contributed by atoms with Crippen molar-refractivity contribution >= 4 is 23.6 Å². The molecule has 144 valence electrons. The fourth-order valence-corrected chi connectivity index (χ4v) is 6.48. The molecule has 2 aliphatic carbocycles. The summed E-state index contributed by atoms with van der Waals surface area (Å²) in [5, 5.41) is 0. The number of rotatable bonds is 3. The number of nitrogens with zero attached hydrogens (tertiary/aromatic N) is 2. The van der Waals surface area contributed by atoms with Crippen LogP contribution < -0.4 is 0 Å². The van der Waals surface area contributed by atoms with Crippen LogP contribution in [0.15, 0.2) is 30.3 Å². The van der Waals surface area contributed by atoms with Gasteiger partial charge in [-0.05, 0) is 43.1 Å². The lowest BCUT2D eigenvalue weighted by Gasteiger charge is -2.34. The Morgan fingerprint density at radius 3 is 2.59 bits per heavy atom. The van der Waals surface area contributed by atoms with Gasteiger partial charge in [-0.25, -0.2) is 0 Å². The minimum absolute atomic E-state index is 0.0799. The number of hydrogen-bond acceptors (Lipinski definition) is 3. The molecule has 3 unspecified atom stereocenters. The molecule has 4 nitrogen and oxygen atoms in total. The van der Waals surface area contributed by atoms with Gasteiger partial charge in [-0.15, -0.1) is 11.8 Å². The lowest BCUT2D eigenvalue weighted by Crippen LogP contribution is -2.50. The summed E-state index contributed by atoms with van der Waals surface area (Å²) >= 11 is 1.82. The van der Waals surface area contributed by atoms with E-state index in [0.29, 0.717) is 17.9 Å². The summed E-state index contributed by atoms with van der Waals surface area (Å²) in [7, 11) is 0. The van der Waals surface area contributed by atoms with E-state index >= 15 is 0 Å². The van der Waals surface area contributed by atoms with E-state index < -0.39 is 0 Å². The average molecular weight is 385 g/mol. The Kier molecular flexibility index (Phi) is 4.66. The molecule has 4 fully saturated rings. The Bertz CT molecular complexity index is 718. The minimum atomic E-state index is -0.207. The number of carbonyl (C=O) groups excluding carboxylic acids is 2. The van der Waals surface area contributed by atoms with Gasteiger partial charge in [0.15, 0.2) is 0 Å². The summed E-state index contributed by atoms with van der Waals surface area (Å²) in [6.45, 7) is 0.841. The number of thioether (sulfide) groups is 1. The van der Waals surface area contributed by atoms with Crippen molar-refractivity contribution in [1.82, 2.24) is 9.80 Å². The second-order valence-corrected chi connectivity index (χ2v) is 9.68. The predicted molar refractivity (Wildman–Crippen MR) is 107 cm³/mol. The molecule has 2 saturated carbocycles. The Morgan fingerprint density at radius 2 is 1.81 bits per heavy atom. The summed E-state index contributed by atoms with van der Waals surface area (Å²) in [4.78, 5) is 30.8. The van der Waals surface area contributed by atoms with Crippen molar-refractivity contribution in [1.29, 1.82) is 0 Å². The van der Waals surface area contributed by atoms with Gasteiger partial charge in [-0.2, -0.15) is 0 Å². The third kappa shape index (κ3) is 3.18. The minimum Gasteiger partial charge on any atom is -0.331 e. The van der Waals surface area contributed by atoms with E-state index in [1.54, 1.807) is 0 Å². The van der Waals surface area contributed by atoms with Gasteiger partial charge in [0, 0.05) is 24.3 Å². The molecule has 27 heavy (non-hydrogen) atoms. The Labute approximate surface area is 165 Å². The Morgan fingerprint density at radius 1 is 1.00 bits per heavy atom. The van der Waals surface area contributed by atoms with Crippen molar-refractivity contribution in [2.75, 3.05) is 18.2 Å².